The molecule has 1 unspecified atom stereocenters. The Morgan fingerprint density at radius 3 is 2.79 bits per heavy atom. The molecule has 0 saturated carbocycles. The monoisotopic (exact) mass is 442 g/mol. The largest absolute Gasteiger partial charge is 0.470 e. The molecule has 0 spiro atoms. The van der Waals surface area contributed by atoms with Gasteiger partial charge in [0.05, 0.1) is 11.8 Å². The number of nitrogens with zero attached hydrogens (tertiary/aromatic N) is 6. The Labute approximate surface area is 189 Å². The highest BCUT2D eigenvalue weighted by Crippen LogP contribution is 2.29. The maximum Gasteiger partial charge on any atom is 0.240 e. The topological polar surface area (TPSA) is 100 Å². The summed E-state index contributed by atoms with van der Waals surface area (Å²) in [5.74, 6) is 1.66. The van der Waals surface area contributed by atoms with Crippen molar-refractivity contribution in [2.45, 2.75) is 38.9 Å². The second-order valence-corrected chi connectivity index (χ2v) is 8.22. The molecule has 1 fully saturated rings. The maximum absolute atomic E-state index is 6.13. The lowest BCUT2D eigenvalue weighted by Crippen LogP contribution is -2.09. The molecule has 33 heavy (non-hydrogen) atoms. The summed E-state index contributed by atoms with van der Waals surface area (Å²) in [6, 6.07) is 13.7. The lowest BCUT2D eigenvalue weighted by atomic mass is 10.1. The molecule has 166 valence electrons. The van der Waals surface area contributed by atoms with E-state index in [-0.39, 0.29) is 0 Å². The van der Waals surface area contributed by atoms with Crippen LogP contribution in [0.25, 0.3) is 27.9 Å². The van der Waals surface area contributed by atoms with Crippen LogP contribution in [-0.4, -0.2) is 42.7 Å². The van der Waals surface area contributed by atoms with Crippen LogP contribution in [0.2, 0.25) is 0 Å². The third-order valence-electron chi connectivity index (χ3n) is 5.82. The van der Waals surface area contributed by atoms with Crippen LogP contribution in [0.1, 0.15) is 29.9 Å². The van der Waals surface area contributed by atoms with Gasteiger partial charge in [-0.05, 0) is 37.5 Å². The van der Waals surface area contributed by atoms with E-state index in [1.807, 2.05) is 43.5 Å². The molecule has 5 heterocycles. The number of benzene rings is 1. The van der Waals surface area contributed by atoms with Crippen molar-refractivity contribution in [2.24, 2.45) is 0 Å². The lowest BCUT2D eigenvalue weighted by molar-refractivity contribution is 0.111. The normalized spacial score (nSPS) is 16.1. The smallest absolute Gasteiger partial charge is 0.240 e. The van der Waals surface area contributed by atoms with Crippen molar-refractivity contribution in [2.75, 3.05) is 6.61 Å². The summed E-state index contributed by atoms with van der Waals surface area (Å²) in [6.07, 6.45) is 5.36. The van der Waals surface area contributed by atoms with E-state index >= 15 is 0 Å². The molecule has 0 radical (unpaired) electrons. The fraction of sp³-hybridized carbons (Fsp3) is 0.292. The van der Waals surface area contributed by atoms with Gasteiger partial charge in [0.2, 0.25) is 11.7 Å². The Morgan fingerprint density at radius 2 is 2.03 bits per heavy atom. The molecule has 1 aliphatic heterocycles. The van der Waals surface area contributed by atoms with Gasteiger partial charge in [0.1, 0.15) is 12.4 Å². The first-order valence-corrected chi connectivity index (χ1v) is 11.0. The molecule has 9 heteroatoms. The maximum atomic E-state index is 6.13. The van der Waals surface area contributed by atoms with Gasteiger partial charge in [-0.2, -0.15) is 4.52 Å². The van der Waals surface area contributed by atoms with Gasteiger partial charge in [0.15, 0.2) is 11.3 Å². The highest BCUT2D eigenvalue weighted by molar-refractivity contribution is 5.96. The molecule has 1 atom stereocenters. The summed E-state index contributed by atoms with van der Waals surface area (Å²) in [4.78, 5) is 4.57. The molecule has 0 aliphatic carbocycles. The zero-order valence-corrected chi connectivity index (χ0v) is 18.1. The van der Waals surface area contributed by atoms with Gasteiger partial charge in [0, 0.05) is 36.1 Å². The average Bonchev–Trinajstić information content (AvgIpc) is 3.59. The predicted molar refractivity (Wildman–Crippen MR) is 120 cm³/mol. The van der Waals surface area contributed by atoms with Crippen molar-refractivity contribution < 1.29 is 14.0 Å². The molecule has 0 amide bonds. The average molecular weight is 442 g/mol. The lowest BCUT2D eigenvalue weighted by Gasteiger charge is -2.11. The van der Waals surface area contributed by atoms with Crippen molar-refractivity contribution in [3.63, 3.8) is 0 Å². The minimum atomic E-state index is 0.295. The fourth-order valence-corrected chi connectivity index (χ4v) is 4.16. The number of aromatic nitrogens is 6. The first-order valence-electron chi connectivity index (χ1n) is 11.0. The summed E-state index contributed by atoms with van der Waals surface area (Å²) >= 11 is 0. The molecular weight excluding hydrogens is 420 g/mol. The molecule has 0 N–H and O–H groups in total. The van der Waals surface area contributed by atoms with E-state index in [2.05, 4.69) is 26.4 Å². The molecule has 6 rings (SSSR count). The minimum Gasteiger partial charge on any atom is -0.470 e. The molecule has 5 aromatic rings. The Morgan fingerprint density at radius 1 is 1.12 bits per heavy atom. The van der Waals surface area contributed by atoms with Gasteiger partial charge in [0.25, 0.3) is 0 Å². The minimum absolute atomic E-state index is 0.295. The molecule has 0 bridgehead atoms. The SMILES string of the molecule is Cc1cc(-c2nnc3c4ccccc4c(OCc4ccc(CC5CCCO5)cn4)nn23)no1. The summed E-state index contributed by atoms with van der Waals surface area (Å²) in [5, 5.41) is 19.1. The molecule has 1 saturated heterocycles. The van der Waals surface area contributed by atoms with Crippen LogP contribution < -0.4 is 4.74 Å². The Balaban J connectivity index is 1.29. The van der Waals surface area contributed by atoms with Gasteiger partial charge in [-0.3, -0.25) is 4.98 Å². The van der Waals surface area contributed by atoms with E-state index in [0.717, 1.165) is 42.3 Å². The van der Waals surface area contributed by atoms with Crippen LogP contribution in [-0.2, 0) is 17.8 Å². The second kappa shape index (κ2) is 8.25. The third kappa shape index (κ3) is 3.80. The number of hydrogen-bond acceptors (Lipinski definition) is 8. The predicted octanol–water partition coefficient (Wildman–Crippen LogP) is 3.94. The van der Waals surface area contributed by atoms with E-state index in [1.165, 1.54) is 5.56 Å². The van der Waals surface area contributed by atoms with Crippen LogP contribution in [0.4, 0.5) is 0 Å². The van der Waals surface area contributed by atoms with E-state index in [1.54, 1.807) is 10.6 Å². The van der Waals surface area contributed by atoms with Gasteiger partial charge >= 0.3 is 0 Å². The van der Waals surface area contributed by atoms with Crippen LogP contribution in [0.15, 0.2) is 53.2 Å². The van der Waals surface area contributed by atoms with Crippen LogP contribution in [0.3, 0.4) is 0 Å². The Kier molecular flexibility index (Phi) is 4.95. The van der Waals surface area contributed by atoms with Gasteiger partial charge in [-0.1, -0.05) is 29.4 Å². The number of aryl methyl sites for hydroxylation is 1. The standard InChI is InChI=1S/C24H22N6O3/c1-15-11-21(29-33-15)23-27-26-22-19-6-2-3-7-20(19)24(28-30(22)23)32-14-17-9-8-16(13-25-17)12-18-5-4-10-31-18/h2-3,6-9,11,13,18H,4-5,10,12,14H2,1H3. The summed E-state index contributed by atoms with van der Waals surface area (Å²) in [5.41, 5.74) is 3.20. The van der Waals surface area contributed by atoms with Crippen molar-refractivity contribution in [1.82, 2.24) is 30.0 Å². The highest BCUT2D eigenvalue weighted by atomic mass is 16.5. The van der Waals surface area contributed by atoms with Crippen LogP contribution >= 0.6 is 0 Å². The van der Waals surface area contributed by atoms with E-state index in [4.69, 9.17) is 19.1 Å². The molecular formula is C24H22N6O3. The number of pyridine rings is 1. The van der Waals surface area contributed by atoms with Crippen molar-refractivity contribution in [1.29, 1.82) is 0 Å². The van der Waals surface area contributed by atoms with Crippen molar-refractivity contribution in [3.8, 4) is 17.4 Å². The fourth-order valence-electron chi connectivity index (χ4n) is 4.16. The highest BCUT2D eigenvalue weighted by Gasteiger charge is 2.19. The first kappa shape index (κ1) is 19.8. The molecule has 9 nitrogen and oxygen atoms in total. The summed E-state index contributed by atoms with van der Waals surface area (Å²) in [6.45, 7) is 2.99. The number of hydrogen-bond donors (Lipinski definition) is 0. The van der Waals surface area contributed by atoms with Crippen LogP contribution in [0.5, 0.6) is 5.88 Å². The number of ether oxygens (including phenoxy) is 2. The quantitative estimate of drug-likeness (QED) is 0.390. The van der Waals surface area contributed by atoms with Gasteiger partial charge in [-0.25, -0.2) is 0 Å². The zero-order chi connectivity index (χ0) is 22.2. The number of fused-ring (bicyclic) bond motifs is 3. The summed E-state index contributed by atoms with van der Waals surface area (Å²) in [7, 11) is 0. The van der Waals surface area contributed by atoms with Crippen molar-refractivity contribution >= 4 is 16.4 Å². The Bertz CT molecular complexity index is 1420. The summed E-state index contributed by atoms with van der Waals surface area (Å²) < 4.78 is 18.7. The first-order chi connectivity index (χ1) is 16.2. The van der Waals surface area contributed by atoms with E-state index < -0.39 is 0 Å². The Hall–Kier alpha value is -3.85. The van der Waals surface area contributed by atoms with Crippen molar-refractivity contribution in [3.05, 3.63) is 65.7 Å². The van der Waals surface area contributed by atoms with Gasteiger partial charge < -0.3 is 14.0 Å². The molecule has 4 aromatic heterocycles. The third-order valence-corrected chi connectivity index (χ3v) is 5.82. The second-order valence-electron chi connectivity index (χ2n) is 8.22. The van der Waals surface area contributed by atoms with E-state index in [0.29, 0.717) is 41.5 Å². The molecule has 1 aromatic carbocycles. The number of rotatable bonds is 6. The zero-order valence-electron chi connectivity index (χ0n) is 18.1. The molecule has 1 aliphatic rings. The van der Waals surface area contributed by atoms with Crippen LogP contribution in [0, 0.1) is 6.92 Å². The van der Waals surface area contributed by atoms with Gasteiger partial charge in [-0.15, -0.1) is 15.3 Å². The van der Waals surface area contributed by atoms with E-state index in [9.17, 15) is 0 Å².